The van der Waals surface area contributed by atoms with Gasteiger partial charge in [-0.15, -0.1) is 0 Å². The van der Waals surface area contributed by atoms with Crippen molar-refractivity contribution in [1.82, 2.24) is 19.7 Å². The van der Waals surface area contributed by atoms with Crippen LogP contribution in [0.1, 0.15) is 5.56 Å². The van der Waals surface area contributed by atoms with Crippen LogP contribution in [-0.2, 0) is 0 Å². The van der Waals surface area contributed by atoms with Crippen LogP contribution in [0.4, 0.5) is 11.6 Å². The number of aryl methyl sites for hydroxylation is 1. The van der Waals surface area contributed by atoms with Crippen LogP contribution in [0, 0.1) is 6.92 Å². The molecular formula is C20H19N5O3. The van der Waals surface area contributed by atoms with Gasteiger partial charge in [-0.2, -0.15) is 10.1 Å². The van der Waals surface area contributed by atoms with Gasteiger partial charge in [-0.1, -0.05) is 18.2 Å². The summed E-state index contributed by atoms with van der Waals surface area (Å²) in [4.78, 5) is 19.7. The van der Waals surface area contributed by atoms with E-state index in [0.717, 1.165) is 16.9 Å². The molecule has 0 unspecified atom stereocenters. The third-order valence-electron chi connectivity index (χ3n) is 4.23. The van der Waals surface area contributed by atoms with Crippen LogP contribution >= 0.6 is 0 Å². The smallest absolute Gasteiger partial charge is 0.263 e. The average molecular weight is 377 g/mol. The molecule has 2 aromatic carbocycles. The van der Waals surface area contributed by atoms with Crippen LogP contribution in [0.3, 0.4) is 0 Å². The van der Waals surface area contributed by atoms with E-state index in [0.29, 0.717) is 22.7 Å². The number of nitrogens with one attached hydrogen (secondary N) is 2. The Hall–Kier alpha value is -3.65. The lowest BCUT2D eigenvalue weighted by Crippen LogP contribution is -2.12. The van der Waals surface area contributed by atoms with E-state index in [4.69, 9.17) is 9.84 Å². The van der Waals surface area contributed by atoms with Crippen molar-refractivity contribution in [3.05, 3.63) is 70.6 Å². The summed E-state index contributed by atoms with van der Waals surface area (Å²) >= 11 is 0. The van der Waals surface area contributed by atoms with Crippen LogP contribution in [0.5, 0.6) is 5.75 Å². The van der Waals surface area contributed by atoms with Crippen molar-refractivity contribution in [1.29, 1.82) is 0 Å². The zero-order valence-corrected chi connectivity index (χ0v) is 15.2. The van der Waals surface area contributed by atoms with Crippen LogP contribution in [0.15, 0.2) is 59.5 Å². The average Bonchev–Trinajstić information content (AvgIpc) is 3.12. The number of nitrogens with zero attached hydrogens (tertiary/aromatic N) is 3. The molecular weight excluding hydrogens is 358 g/mol. The molecule has 28 heavy (non-hydrogen) atoms. The third kappa shape index (κ3) is 3.45. The molecule has 0 saturated carbocycles. The van der Waals surface area contributed by atoms with Crippen LogP contribution in [0.2, 0.25) is 0 Å². The van der Waals surface area contributed by atoms with Gasteiger partial charge >= 0.3 is 0 Å². The van der Waals surface area contributed by atoms with Crippen molar-refractivity contribution in [3.63, 3.8) is 0 Å². The van der Waals surface area contributed by atoms with Gasteiger partial charge in [0.05, 0.1) is 18.5 Å². The number of H-pyrrole nitrogens is 1. The number of aromatic amines is 1. The minimum Gasteiger partial charge on any atom is -0.491 e. The van der Waals surface area contributed by atoms with E-state index in [-0.39, 0.29) is 18.8 Å². The number of anilines is 2. The summed E-state index contributed by atoms with van der Waals surface area (Å²) in [6.07, 6.45) is 1.51. The number of aromatic nitrogens is 4. The van der Waals surface area contributed by atoms with Crippen molar-refractivity contribution >= 4 is 22.7 Å². The Balaban J connectivity index is 1.68. The monoisotopic (exact) mass is 377 g/mol. The van der Waals surface area contributed by atoms with Crippen LogP contribution < -0.4 is 15.6 Å². The molecule has 4 aromatic rings. The Kier molecular flexibility index (Phi) is 4.77. The fraction of sp³-hybridized carbons (Fsp3) is 0.150. The quantitative estimate of drug-likeness (QED) is 0.477. The van der Waals surface area contributed by atoms with E-state index in [2.05, 4.69) is 20.4 Å². The summed E-state index contributed by atoms with van der Waals surface area (Å²) < 4.78 is 7.09. The lowest BCUT2D eigenvalue weighted by Gasteiger charge is -2.11. The fourth-order valence-corrected chi connectivity index (χ4v) is 2.92. The first-order valence-corrected chi connectivity index (χ1v) is 8.80. The molecule has 0 bridgehead atoms. The van der Waals surface area contributed by atoms with Crippen molar-refractivity contribution in [2.45, 2.75) is 6.92 Å². The number of benzene rings is 2. The summed E-state index contributed by atoms with van der Waals surface area (Å²) in [6.45, 7) is 2.10. The van der Waals surface area contributed by atoms with Crippen LogP contribution in [-0.4, -0.2) is 38.1 Å². The summed E-state index contributed by atoms with van der Waals surface area (Å²) in [7, 11) is 0. The van der Waals surface area contributed by atoms with Gasteiger partial charge in [0.2, 0.25) is 5.95 Å². The normalized spacial score (nSPS) is 10.9. The molecule has 142 valence electrons. The van der Waals surface area contributed by atoms with Gasteiger partial charge in [0.25, 0.3) is 5.56 Å². The lowest BCUT2D eigenvalue weighted by molar-refractivity contribution is 0.200. The molecule has 0 saturated heterocycles. The minimum absolute atomic E-state index is 0.0420. The second-order valence-electron chi connectivity index (χ2n) is 6.22. The summed E-state index contributed by atoms with van der Waals surface area (Å²) in [5, 5.41) is 16.7. The highest BCUT2D eigenvalue weighted by molar-refractivity contribution is 5.77. The first-order valence-electron chi connectivity index (χ1n) is 8.80. The molecule has 0 spiro atoms. The van der Waals surface area contributed by atoms with E-state index in [1.54, 1.807) is 10.7 Å². The molecule has 0 amide bonds. The molecule has 2 heterocycles. The molecule has 4 rings (SSSR count). The molecule has 3 N–H and O–H groups in total. The first-order chi connectivity index (χ1) is 13.7. The molecule has 0 radical (unpaired) electrons. The summed E-state index contributed by atoms with van der Waals surface area (Å²) in [6, 6.07) is 15.0. The van der Waals surface area contributed by atoms with Gasteiger partial charge in [0.15, 0.2) is 5.65 Å². The molecule has 2 aromatic heterocycles. The van der Waals surface area contributed by atoms with E-state index in [1.807, 2.05) is 49.4 Å². The summed E-state index contributed by atoms with van der Waals surface area (Å²) in [5.41, 5.74) is 2.67. The molecule has 0 atom stereocenters. The Morgan fingerprint density at radius 3 is 2.79 bits per heavy atom. The maximum atomic E-state index is 12.4. The Morgan fingerprint density at radius 1 is 1.21 bits per heavy atom. The standard InChI is InChI=1S/C20H19N5O3/c1-13-11-14(7-8-17(13)28-10-9-26)22-20-23-18-16(19(27)24-20)12-21-25(18)15-5-3-2-4-6-15/h2-8,11-12,26H,9-10H2,1H3,(H2,22,23,24,27). The van der Waals surface area contributed by atoms with Crippen molar-refractivity contribution in [2.24, 2.45) is 0 Å². The molecule has 8 nitrogen and oxygen atoms in total. The van der Waals surface area contributed by atoms with Crippen LogP contribution in [0.25, 0.3) is 16.7 Å². The fourth-order valence-electron chi connectivity index (χ4n) is 2.92. The Bertz CT molecular complexity index is 1170. The predicted octanol–water partition coefficient (Wildman–Crippen LogP) is 2.53. The van der Waals surface area contributed by atoms with Gasteiger partial charge in [0.1, 0.15) is 17.7 Å². The maximum absolute atomic E-state index is 12.4. The number of rotatable bonds is 6. The van der Waals surface area contributed by atoms with Crippen molar-refractivity contribution < 1.29 is 9.84 Å². The maximum Gasteiger partial charge on any atom is 0.263 e. The second kappa shape index (κ2) is 7.53. The van der Waals surface area contributed by atoms with Gasteiger partial charge in [-0.05, 0) is 42.8 Å². The number of fused-ring (bicyclic) bond motifs is 1. The molecule has 0 aliphatic carbocycles. The number of hydrogen-bond acceptors (Lipinski definition) is 6. The van der Waals surface area contributed by atoms with E-state index >= 15 is 0 Å². The van der Waals surface area contributed by atoms with E-state index in [9.17, 15) is 4.79 Å². The minimum atomic E-state index is -0.269. The highest BCUT2D eigenvalue weighted by atomic mass is 16.5. The van der Waals surface area contributed by atoms with E-state index < -0.39 is 0 Å². The second-order valence-corrected chi connectivity index (χ2v) is 6.22. The zero-order chi connectivity index (χ0) is 19.5. The van der Waals surface area contributed by atoms with Crippen molar-refractivity contribution in [2.75, 3.05) is 18.5 Å². The van der Waals surface area contributed by atoms with Gasteiger partial charge in [-0.25, -0.2) is 4.68 Å². The largest absolute Gasteiger partial charge is 0.491 e. The zero-order valence-electron chi connectivity index (χ0n) is 15.2. The van der Waals surface area contributed by atoms with Crippen molar-refractivity contribution in [3.8, 4) is 11.4 Å². The topological polar surface area (TPSA) is 105 Å². The molecule has 0 fully saturated rings. The number of ether oxygens (including phenoxy) is 1. The van der Waals surface area contributed by atoms with E-state index in [1.165, 1.54) is 6.20 Å². The highest BCUT2D eigenvalue weighted by Crippen LogP contribution is 2.24. The Labute approximate surface area is 160 Å². The third-order valence-corrected chi connectivity index (χ3v) is 4.23. The van der Waals surface area contributed by atoms with Gasteiger partial charge < -0.3 is 15.2 Å². The molecule has 0 aliphatic rings. The lowest BCUT2D eigenvalue weighted by atomic mass is 10.2. The summed E-state index contributed by atoms with van der Waals surface area (Å²) in [5.74, 6) is 1.01. The number of hydrogen-bond donors (Lipinski definition) is 3. The van der Waals surface area contributed by atoms with Gasteiger partial charge in [-0.3, -0.25) is 9.78 Å². The molecule has 8 heteroatoms. The first kappa shape index (κ1) is 17.7. The number of aliphatic hydroxyl groups excluding tert-OH is 1. The predicted molar refractivity (Wildman–Crippen MR) is 107 cm³/mol. The molecule has 0 aliphatic heterocycles. The Morgan fingerprint density at radius 2 is 2.04 bits per heavy atom. The SMILES string of the molecule is Cc1cc(Nc2nc3c(cnn3-c3ccccc3)c(=O)[nH]2)ccc1OCCO. The highest BCUT2D eigenvalue weighted by Gasteiger charge is 2.12. The van der Waals surface area contributed by atoms with Gasteiger partial charge in [0, 0.05) is 5.69 Å². The number of aliphatic hydroxyl groups is 1. The number of para-hydroxylation sites is 1.